The third kappa shape index (κ3) is 5.17. The Bertz CT molecular complexity index is 925. The van der Waals surface area contributed by atoms with Crippen LogP contribution in [0.3, 0.4) is 0 Å². The van der Waals surface area contributed by atoms with Crippen molar-refractivity contribution >= 4 is 46.1 Å². The third-order valence-electron chi connectivity index (χ3n) is 3.84. The van der Waals surface area contributed by atoms with Crippen molar-refractivity contribution in [3.63, 3.8) is 0 Å². The van der Waals surface area contributed by atoms with Crippen LogP contribution in [0.5, 0.6) is 0 Å². The van der Waals surface area contributed by atoms with Crippen LogP contribution in [0.1, 0.15) is 27.0 Å². The standard InChI is InChI=1S/C19H17ClN2O3S2/c20-15-4-2-1-3-12(15)9-21-18(24)19(25)22-10-14-5-6-16(27-14)17(23)13-7-8-26-11-13/h1-8,11,17,23H,9-10H2,(H,21,24)(H,22,25). The number of benzene rings is 1. The zero-order chi connectivity index (χ0) is 19.2. The number of nitrogens with one attached hydrogen (secondary N) is 2. The second-order valence-electron chi connectivity index (χ2n) is 5.72. The van der Waals surface area contributed by atoms with Gasteiger partial charge in [-0.3, -0.25) is 9.59 Å². The van der Waals surface area contributed by atoms with Crippen LogP contribution in [-0.2, 0) is 22.7 Å². The number of rotatable bonds is 6. The van der Waals surface area contributed by atoms with Gasteiger partial charge in [0.2, 0.25) is 0 Å². The van der Waals surface area contributed by atoms with Crippen molar-refractivity contribution in [1.29, 1.82) is 0 Å². The van der Waals surface area contributed by atoms with Gasteiger partial charge in [-0.1, -0.05) is 29.8 Å². The SMILES string of the molecule is O=C(NCc1ccc(C(O)c2ccsc2)s1)C(=O)NCc1ccccc1Cl. The topological polar surface area (TPSA) is 78.4 Å². The fraction of sp³-hybridized carbons (Fsp3) is 0.158. The summed E-state index contributed by atoms with van der Waals surface area (Å²) in [6.45, 7) is 0.404. The number of aliphatic hydroxyl groups excluding tert-OH is 1. The summed E-state index contributed by atoms with van der Waals surface area (Å²) in [5.41, 5.74) is 1.59. The largest absolute Gasteiger partial charge is 0.383 e. The van der Waals surface area contributed by atoms with E-state index < -0.39 is 17.9 Å². The molecule has 8 heteroatoms. The van der Waals surface area contributed by atoms with Crippen LogP contribution in [0.15, 0.2) is 53.2 Å². The Morgan fingerprint density at radius 2 is 1.78 bits per heavy atom. The molecule has 2 amide bonds. The molecule has 140 valence electrons. The predicted molar refractivity (Wildman–Crippen MR) is 108 cm³/mol. The van der Waals surface area contributed by atoms with E-state index in [1.807, 2.05) is 35.0 Å². The Morgan fingerprint density at radius 3 is 2.48 bits per heavy atom. The molecule has 0 fully saturated rings. The van der Waals surface area contributed by atoms with Crippen LogP contribution >= 0.6 is 34.3 Å². The highest BCUT2D eigenvalue weighted by molar-refractivity contribution is 7.12. The van der Waals surface area contributed by atoms with Crippen molar-refractivity contribution in [3.8, 4) is 0 Å². The van der Waals surface area contributed by atoms with Gasteiger partial charge in [0.05, 0.1) is 6.54 Å². The van der Waals surface area contributed by atoms with Gasteiger partial charge in [0.15, 0.2) is 0 Å². The van der Waals surface area contributed by atoms with Gasteiger partial charge in [0.25, 0.3) is 0 Å². The molecule has 0 saturated heterocycles. The Morgan fingerprint density at radius 1 is 1.04 bits per heavy atom. The van der Waals surface area contributed by atoms with Crippen molar-refractivity contribution in [2.24, 2.45) is 0 Å². The lowest BCUT2D eigenvalue weighted by Gasteiger charge is -2.07. The first-order valence-electron chi connectivity index (χ1n) is 8.13. The first kappa shape index (κ1) is 19.6. The fourth-order valence-corrected chi connectivity index (χ4v) is 4.22. The molecule has 5 nitrogen and oxygen atoms in total. The minimum atomic E-state index is -0.718. The van der Waals surface area contributed by atoms with Crippen molar-refractivity contribution < 1.29 is 14.7 Å². The van der Waals surface area contributed by atoms with Crippen LogP contribution in [0.2, 0.25) is 5.02 Å². The van der Waals surface area contributed by atoms with Gasteiger partial charge in [0, 0.05) is 21.3 Å². The minimum Gasteiger partial charge on any atom is -0.383 e. The molecule has 1 aromatic carbocycles. The Labute approximate surface area is 169 Å². The second-order valence-corrected chi connectivity index (χ2v) is 8.11. The summed E-state index contributed by atoms with van der Waals surface area (Å²) in [7, 11) is 0. The molecule has 3 rings (SSSR count). The quantitative estimate of drug-likeness (QED) is 0.534. The molecule has 3 N–H and O–H groups in total. The number of thiophene rings is 2. The number of hydrogen-bond donors (Lipinski definition) is 3. The van der Waals surface area contributed by atoms with E-state index in [-0.39, 0.29) is 13.1 Å². The highest BCUT2D eigenvalue weighted by Gasteiger charge is 2.16. The van der Waals surface area contributed by atoms with Gasteiger partial charge in [-0.05, 0) is 46.2 Å². The summed E-state index contributed by atoms with van der Waals surface area (Å²) in [6, 6.07) is 12.6. The molecule has 0 spiro atoms. The van der Waals surface area contributed by atoms with Crippen LogP contribution in [-0.4, -0.2) is 16.9 Å². The van der Waals surface area contributed by atoms with Gasteiger partial charge in [-0.2, -0.15) is 11.3 Å². The van der Waals surface area contributed by atoms with E-state index in [2.05, 4.69) is 10.6 Å². The average Bonchev–Trinajstić information content (AvgIpc) is 3.36. The van der Waals surface area contributed by atoms with Gasteiger partial charge in [-0.15, -0.1) is 11.3 Å². The summed E-state index contributed by atoms with van der Waals surface area (Å²) in [5, 5.41) is 19.8. The summed E-state index contributed by atoms with van der Waals surface area (Å²) in [6.07, 6.45) is -0.676. The molecule has 0 aliphatic rings. The van der Waals surface area contributed by atoms with E-state index in [1.165, 1.54) is 22.7 Å². The third-order valence-corrected chi connectivity index (χ3v) is 6.05. The van der Waals surface area contributed by atoms with Gasteiger partial charge in [0.1, 0.15) is 6.10 Å². The fourth-order valence-electron chi connectivity index (χ4n) is 2.38. The maximum Gasteiger partial charge on any atom is 0.309 e. The second kappa shape index (κ2) is 9.14. The molecule has 0 aliphatic carbocycles. The number of carbonyl (C=O) groups is 2. The van der Waals surface area contributed by atoms with E-state index in [0.717, 1.165) is 20.9 Å². The zero-order valence-corrected chi connectivity index (χ0v) is 16.5. The minimum absolute atomic E-state index is 0.182. The lowest BCUT2D eigenvalue weighted by atomic mass is 10.2. The molecule has 2 heterocycles. The molecule has 1 unspecified atom stereocenters. The van der Waals surface area contributed by atoms with Crippen LogP contribution in [0.4, 0.5) is 0 Å². The number of amides is 2. The molecule has 3 aromatic rings. The average molecular weight is 421 g/mol. The predicted octanol–water partition coefficient (Wildman–Crippen LogP) is 3.48. The van der Waals surface area contributed by atoms with Crippen LogP contribution in [0.25, 0.3) is 0 Å². The molecular formula is C19H17ClN2O3S2. The molecule has 1 atom stereocenters. The molecule has 27 heavy (non-hydrogen) atoms. The number of carbonyl (C=O) groups excluding carboxylic acids is 2. The Kier molecular flexibility index (Phi) is 6.63. The van der Waals surface area contributed by atoms with Gasteiger partial charge >= 0.3 is 11.8 Å². The van der Waals surface area contributed by atoms with E-state index in [0.29, 0.717) is 5.02 Å². The molecule has 0 radical (unpaired) electrons. The van der Waals surface area contributed by atoms with Crippen molar-refractivity contribution in [2.75, 3.05) is 0 Å². The smallest absolute Gasteiger partial charge is 0.309 e. The summed E-state index contributed by atoms with van der Waals surface area (Å²) >= 11 is 8.94. The molecule has 2 aromatic heterocycles. The van der Waals surface area contributed by atoms with E-state index in [9.17, 15) is 14.7 Å². The van der Waals surface area contributed by atoms with Crippen molar-refractivity contribution in [3.05, 3.63) is 79.1 Å². The molecule has 0 bridgehead atoms. The van der Waals surface area contributed by atoms with Crippen LogP contribution in [0, 0.1) is 0 Å². The maximum absolute atomic E-state index is 12.0. The van der Waals surface area contributed by atoms with Gasteiger partial charge < -0.3 is 15.7 Å². The monoisotopic (exact) mass is 420 g/mol. The maximum atomic E-state index is 12.0. The number of hydrogen-bond acceptors (Lipinski definition) is 5. The lowest BCUT2D eigenvalue weighted by Crippen LogP contribution is -2.39. The normalized spacial score (nSPS) is 11.8. The van der Waals surface area contributed by atoms with Gasteiger partial charge in [-0.25, -0.2) is 0 Å². The Hall–Kier alpha value is -2.19. The van der Waals surface area contributed by atoms with E-state index in [4.69, 9.17) is 11.6 Å². The summed E-state index contributed by atoms with van der Waals surface area (Å²) in [4.78, 5) is 25.5. The van der Waals surface area contributed by atoms with E-state index >= 15 is 0 Å². The summed E-state index contributed by atoms with van der Waals surface area (Å²) < 4.78 is 0. The zero-order valence-electron chi connectivity index (χ0n) is 14.1. The highest BCUT2D eigenvalue weighted by atomic mass is 35.5. The lowest BCUT2D eigenvalue weighted by molar-refractivity contribution is -0.139. The van der Waals surface area contributed by atoms with Crippen LogP contribution < -0.4 is 10.6 Å². The summed E-state index contributed by atoms with van der Waals surface area (Å²) in [5.74, 6) is -1.43. The number of aliphatic hydroxyl groups is 1. The first-order chi connectivity index (χ1) is 13.0. The Balaban J connectivity index is 1.49. The highest BCUT2D eigenvalue weighted by Crippen LogP contribution is 2.29. The first-order valence-corrected chi connectivity index (χ1v) is 10.3. The molecule has 0 saturated carbocycles. The molecule has 0 aliphatic heterocycles. The van der Waals surface area contributed by atoms with E-state index in [1.54, 1.807) is 18.2 Å². The van der Waals surface area contributed by atoms with Crippen molar-refractivity contribution in [1.82, 2.24) is 10.6 Å². The van der Waals surface area contributed by atoms with Crippen molar-refractivity contribution in [2.45, 2.75) is 19.2 Å². The number of halogens is 1. The molecular weight excluding hydrogens is 404 g/mol.